The molecule has 190 valence electrons. The van der Waals surface area contributed by atoms with Crippen molar-refractivity contribution in [3.8, 4) is 11.4 Å². The van der Waals surface area contributed by atoms with Gasteiger partial charge < -0.3 is 23.7 Å². The normalized spacial score (nSPS) is 14.3. The molecule has 0 spiro atoms. The molecular weight excluding hydrogens is 448 g/mol. The molecule has 0 bridgehead atoms. The van der Waals surface area contributed by atoms with Crippen molar-refractivity contribution in [1.82, 2.24) is 19.4 Å². The fraction of sp³-hybridized carbons (Fsp3) is 0.500. The number of aromatic nitrogens is 3. The summed E-state index contributed by atoms with van der Waals surface area (Å²) in [6.07, 6.45) is 0.623. The molecule has 3 rings (SSSR count). The van der Waals surface area contributed by atoms with Crippen molar-refractivity contribution in [2.45, 2.75) is 65.5 Å². The maximum atomic E-state index is 12.4. The van der Waals surface area contributed by atoms with Gasteiger partial charge in [-0.15, -0.1) is 0 Å². The summed E-state index contributed by atoms with van der Waals surface area (Å²) in [6, 6.07) is 6.89. The highest BCUT2D eigenvalue weighted by Gasteiger charge is 2.26. The van der Waals surface area contributed by atoms with Crippen molar-refractivity contribution in [3.63, 3.8) is 0 Å². The lowest BCUT2D eigenvalue weighted by molar-refractivity contribution is -0.152. The lowest BCUT2D eigenvalue weighted by atomic mass is 10.1. The monoisotopic (exact) mass is 484 g/mol. The lowest BCUT2D eigenvalue weighted by Gasteiger charge is -2.21. The van der Waals surface area contributed by atoms with E-state index in [4.69, 9.17) is 14.5 Å². The Balaban J connectivity index is 2.02. The van der Waals surface area contributed by atoms with Crippen LogP contribution in [0.25, 0.3) is 22.4 Å². The predicted molar refractivity (Wildman–Crippen MR) is 135 cm³/mol. The van der Waals surface area contributed by atoms with Crippen LogP contribution in [-0.4, -0.2) is 57.2 Å². The van der Waals surface area contributed by atoms with E-state index in [9.17, 15) is 14.7 Å². The third kappa shape index (κ3) is 5.98. The summed E-state index contributed by atoms with van der Waals surface area (Å²) in [4.78, 5) is 29.5. The van der Waals surface area contributed by atoms with E-state index in [-0.39, 0.29) is 17.7 Å². The largest absolute Gasteiger partial charge is 0.462 e. The number of nitrogens with zero attached hydrogens (tertiary/aromatic N) is 3. The summed E-state index contributed by atoms with van der Waals surface area (Å²) in [7, 11) is 3.39. The van der Waals surface area contributed by atoms with Crippen LogP contribution in [0.2, 0.25) is 0 Å². The van der Waals surface area contributed by atoms with Gasteiger partial charge in [0.15, 0.2) is 0 Å². The molecule has 0 saturated carbocycles. The lowest BCUT2D eigenvalue weighted by Crippen LogP contribution is -2.46. The molecule has 0 aliphatic heterocycles. The number of rotatable bonds is 10. The van der Waals surface area contributed by atoms with Gasteiger partial charge in [-0.2, -0.15) is 0 Å². The first-order valence-electron chi connectivity index (χ1n) is 11.8. The van der Waals surface area contributed by atoms with E-state index >= 15 is 0 Å². The Morgan fingerprint density at radius 1 is 1.20 bits per heavy atom. The van der Waals surface area contributed by atoms with Crippen LogP contribution in [0, 0.1) is 6.92 Å². The average molecular weight is 485 g/mol. The minimum absolute atomic E-state index is 0.0213. The van der Waals surface area contributed by atoms with Crippen LogP contribution >= 0.6 is 0 Å². The van der Waals surface area contributed by atoms with Crippen molar-refractivity contribution in [2.75, 3.05) is 13.7 Å². The molecule has 2 heterocycles. The Hall–Kier alpha value is -3.01. The van der Waals surface area contributed by atoms with Crippen LogP contribution in [0.1, 0.15) is 44.9 Å². The van der Waals surface area contributed by atoms with Gasteiger partial charge in [0.25, 0.3) is 5.56 Å². The van der Waals surface area contributed by atoms with Crippen LogP contribution in [0.5, 0.6) is 0 Å². The van der Waals surface area contributed by atoms with Crippen LogP contribution < -0.4 is 10.9 Å². The van der Waals surface area contributed by atoms with Crippen molar-refractivity contribution in [2.24, 2.45) is 7.05 Å². The number of aryl methyl sites for hydroxylation is 2. The van der Waals surface area contributed by atoms with Crippen LogP contribution in [0.15, 0.2) is 35.3 Å². The fourth-order valence-corrected chi connectivity index (χ4v) is 4.20. The highest BCUT2D eigenvalue weighted by molar-refractivity contribution is 5.82. The third-order valence-corrected chi connectivity index (χ3v) is 5.84. The highest BCUT2D eigenvalue weighted by Crippen LogP contribution is 2.29. The number of pyridine rings is 1. The Labute approximate surface area is 205 Å². The van der Waals surface area contributed by atoms with Crippen molar-refractivity contribution in [3.05, 3.63) is 51.9 Å². The van der Waals surface area contributed by atoms with Crippen molar-refractivity contribution < 1.29 is 19.4 Å². The Morgan fingerprint density at radius 2 is 1.91 bits per heavy atom. The second-order valence-electron chi connectivity index (χ2n) is 9.35. The molecule has 2 unspecified atom stereocenters. The second kappa shape index (κ2) is 11.2. The first kappa shape index (κ1) is 26.6. The van der Waals surface area contributed by atoms with Gasteiger partial charge in [-0.05, 0) is 58.4 Å². The zero-order valence-corrected chi connectivity index (χ0v) is 21.5. The Kier molecular flexibility index (Phi) is 8.47. The molecule has 0 radical (unpaired) electrons. The molecule has 2 aromatic heterocycles. The molecular formula is C26H36N4O5. The van der Waals surface area contributed by atoms with Gasteiger partial charge >= 0.3 is 5.97 Å². The standard InChI is InChI=1S/C26H36N4O5/c1-15(2)35-26(33)23(18(5)31)27-12-19-8-9-21-22(11-19)30(17(4)14-34-7)24(28-21)20-10-16(3)25(32)29(6)13-20/h8-11,13,15,17-18,23,27,31H,12,14H2,1-7H3/t17-,18?,23?/m0/s1. The van der Waals surface area contributed by atoms with E-state index in [2.05, 4.69) is 16.8 Å². The number of hydrogen-bond donors (Lipinski definition) is 2. The number of benzene rings is 1. The van der Waals surface area contributed by atoms with Crippen LogP contribution in [0.4, 0.5) is 0 Å². The first-order valence-corrected chi connectivity index (χ1v) is 11.8. The van der Waals surface area contributed by atoms with E-state index in [1.807, 2.05) is 24.3 Å². The first-order chi connectivity index (χ1) is 16.5. The zero-order valence-electron chi connectivity index (χ0n) is 21.5. The summed E-state index contributed by atoms with van der Waals surface area (Å²) in [5.41, 5.74) is 4.09. The van der Waals surface area contributed by atoms with Gasteiger partial charge in [-0.1, -0.05) is 6.07 Å². The average Bonchev–Trinajstić information content (AvgIpc) is 3.15. The molecule has 3 aromatic rings. The summed E-state index contributed by atoms with van der Waals surface area (Å²) in [5.74, 6) is 0.262. The molecule has 0 aliphatic rings. The number of hydrogen-bond acceptors (Lipinski definition) is 7. The summed E-state index contributed by atoms with van der Waals surface area (Å²) < 4.78 is 14.4. The zero-order chi connectivity index (χ0) is 25.9. The molecule has 2 N–H and O–H groups in total. The number of methoxy groups -OCH3 is 1. The highest BCUT2D eigenvalue weighted by atomic mass is 16.5. The van der Waals surface area contributed by atoms with Gasteiger partial charge in [0.05, 0.1) is 35.9 Å². The van der Waals surface area contributed by atoms with E-state index in [1.54, 1.807) is 52.6 Å². The topological polar surface area (TPSA) is 108 Å². The van der Waals surface area contributed by atoms with Gasteiger partial charge in [0, 0.05) is 38.0 Å². The quantitative estimate of drug-likeness (QED) is 0.426. The van der Waals surface area contributed by atoms with Crippen molar-refractivity contribution >= 4 is 17.0 Å². The minimum atomic E-state index is -0.906. The molecule has 9 nitrogen and oxygen atoms in total. The number of carbonyl (C=O) groups excluding carboxylic acids is 1. The SMILES string of the molecule is COC[C@H](C)n1c(-c2cc(C)c(=O)n(C)c2)nc2ccc(CNC(C(=O)OC(C)C)C(C)O)cc21. The van der Waals surface area contributed by atoms with Gasteiger partial charge in [0.1, 0.15) is 11.9 Å². The minimum Gasteiger partial charge on any atom is -0.462 e. The third-order valence-electron chi connectivity index (χ3n) is 5.84. The smallest absolute Gasteiger partial charge is 0.326 e. The number of nitrogens with one attached hydrogen (secondary N) is 1. The molecule has 0 amide bonds. The van der Waals surface area contributed by atoms with E-state index < -0.39 is 18.1 Å². The van der Waals surface area contributed by atoms with Crippen molar-refractivity contribution in [1.29, 1.82) is 0 Å². The van der Waals surface area contributed by atoms with Crippen LogP contribution in [0.3, 0.4) is 0 Å². The maximum absolute atomic E-state index is 12.4. The number of ether oxygens (including phenoxy) is 2. The second-order valence-corrected chi connectivity index (χ2v) is 9.35. The Bertz CT molecular complexity index is 1220. The fourth-order valence-electron chi connectivity index (χ4n) is 4.20. The molecule has 3 atom stereocenters. The van der Waals surface area contributed by atoms with Gasteiger partial charge in [-0.25, -0.2) is 4.98 Å². The number of aliphatic hydroxyl groups is 1. The number of esters is 1. The van der Waals surface area contributed by atoms with Crippen LogP contribution in [-0.2, 0) is 27.9 Å². The number of aliphatic hydroxyl groups excluding tert-OH is 1. The van der Waals surface area contributed by atoms with Gasteiger partial charge in [-0.3, -0.25) is 14.9 Å². The van der Waals surface area contributed by atoms with E-state index in [0.29, 0.717) is 18.7 Å². The maximum Gasteiger partial charge on any atom is 0.326 e. The molecule has 0 saturated heterocycles. The van der Waals surface area contributed by atoms with Gasteiger partial charge in [0.2, 0.25) is 0 Å². The van der Waals surface area contributed by atoms with E-state index in [0.717, 1.165) is 28.0 Å². The summed E-state index contributed by atoms with van der Waals surface area (Å²) >= 11 is 0. The molecule has 1 aromatic carbocycles. The summed E-state index contributed by atoms with van der Waals surface area (Å²) in [5, 5.41) is 13.2. The molecule has 35 heavy (non-hydrogen) atoms. The predicted octanol–water partition coefficient (Wildman–Crippen LogP) is 2.71. The summed E-state index contributed by atoms with van der Waals surface area (Å²) in [6.45, 7) is 9.80. The molecule has 0 fully saturated rings. The number of carbonyl (C=O) groups is 1. The van der Waals surface area contributed by atoms with E-state index in [1.165, 1.54) is 0 Å². The Morgan fingerprint density at radius 3 is 2.51 bits per heavy atom. The number of imidazole rings is 1. The molecule has 9 heteroatoms. The number of fused-ring (bicyclic) bond motifs is 1. The molecule has 0 aliphatic carbocycles.